The summed E-state index contributed by atoms with van der Waals surface area (Å²) in [5.74, 6) is 0.859. The predicted molar refractivity (Wildman–Crippen MR) is 74.6 cm³/mol. The molecule has 1 aliphatic rings. The van der Waals surface area contributed by atoms with Crippen LogP contribution in [0.25, 0.3) is 0 Å². The molecule has 98 valence electrons. The zero-order valence-electron chi connectivity index (χ0n) is 10.4. The number of piperazine rings is 1. The number of hydrogen-bond acceptors (Lipinski definition) is 4. The fourth-order valence-electron chi connectivity index (χ4n) is 1.83. The molecule has 5 nitrogen and oxygen atoms in total. The average molecular weight is 313 g/mol. The third-order valence-corrected chi connectivity index (χ3v) is 3.77. The van der Waals surface area contributed by atoms with E-state index >= 15 is 0 Å². The number of anilines is 1. The van der Waals surface area contributed by atoms with Crippen LogP contribution in [-0.2, 0) is 4.79 Å². The zero-order chi connectivity index (χ0) is 13.0. The number of halogens is 1. The fourth-order valence-corrected chi connectivity index (χ4v) is 2.05. The van der Waals surface area contributed by atoms with Gasteiger partial charge in [0, 0.05) is 36.8 Å². The Morgan fingerprint density at radius 2 is 2.28 bits per heavy atom. The van der Waals surface area contributed by atoms with Gasteiger partial charge in [-0.3, -0.25) is 4.79 Å². The smallest absolute Gasteiger partial charge is 0.242 e. The minimum atomic E-state index is 0.124. The molecular weight excluding hydrogens is 296 g/mol. The van der Waals surface area contributed by atoms with E-state index in [0.29, 0.717) is 6.54 Å². The Morgan fingerprint density at radius 3 is 2.94 bits per heavy atom. The van der Waals surface area contributed by atoms with E-state index in [1.165, 1.54) is 0 Å². The molecule has 0 aromatic carbocycles. The van der Waals surface area contributed by atoms with E-state index in [1.54, 1.807) is 6.20 Å². The highest BCUT2D eigenvalue weighted by Gasteiger charge is 2.15. The maximum absolute atomic E-state index is 11.9. The molecule has 1 aromatic rings. The zero-order valence-corrected chi connectivity index (χ0v) is 12.0. The lowest BCUT2D eigenvalue weighted by Gasteiger charge is -2.27. The topological polar surface area (TPSA) is 57.3 Å². The van der Waals surface area contributed by atoms with E-state index < -0.39 is 0 Å². The van der Waals surface area contributed by atoms with Crippen molar-refractivity contribution >= 4 is 27.7 Å². The van der Waals surface area contributed by atoms with Crippen molar-refractivity contribution in [3.8, 4) is 0 Å². The number of carbonyl (C=O) groups is 1. The van der Waals surface area contributed by atoms with Crippen LogP contribution in [0.5, 0.6) is 0 Å². The molecule has 6 heteroatoms. The summed E-state index contributed by atoms with van der Waals surface area (Å²) in [5, 5.41) is 6.29. The number of nitrogens with one attached hydrogen (secondary N) is 2. The van der Waals surface area contributed by atoms with Gasteiger partial charge in [-0.15, -0.1) is 0 Å². The molecule has 0 saturated carbocycles. The highest BCUT2D eigenvalue weighted by Crippen LogP contribution is 2.16. The quantitative estimate of drug-likeness (QED) is 0.874. The van der Waals surface area contributed by atoms with Crippen LogP contribution in [-0.4, -0.2) is 48.5 Å². The number of amides is 1. The molecule has 0 unspecified atom stereocenters. The van der Waals surface area contributed by atoms with Crippen LogP contribution in [0.3, 0.4) is 0 Å². The first-order chi connectivity index (χ1) is 8.66. The minimum absolute atomic E-state index is 0.124. The Hall–Kier alpha value is -1.14. The van der Waals surface area contributed by atoms with Gasteiger partial charge < -0.3 is 15.5 Å². The van der Waals surface area contributed by atoms with Gasteiger partial charge in [0.2, 0.25) is 5.91 Å². The first-order valence-corrected chi connectivity index (χ1v) is 6.80. The number of hydrogen-bond donors (Lipinski definition) is 2. The van der Waals surface area contributed by atoms with Crippen LogP contribution in [0, 0.1) is 6.92 Å². The third-order valence-electron chi connectivity index (χ3n) is 2.94. The first kappa shape index (κ1) is 13.3. The Labute approximate surface area is 115 Å². The average Bonchev–Trinajstić information content (AvgIpc) is 2.41. The van der Waals surface area contributed by atoms with Gasteiger partial charge in [-0.2, -0.15) is 0 Å². The van der Waals surface area contributed by atoms with Gasteiger partial charge >= 0.3 is 0 Å². The van der Waals surface area contributed by atoms with E-state index in [-0.39, 0.29) is 5.91 Å². The molecule has 2 rings (SSSR count). The van der Waals surface area contributed by atoms with Crippen molar-refractivity contribution in [1.82, 2.24) is 15.2 Å². The SMILES string of the molecule is Cc1cc(NCC(=O)N2CCNCC2)ncc1Br. The lowest BCUT2D eigenvalue weighted by molar-refractivity contribution is -0.129. The summed E-state index contributed by atoms with van der Waals surface area (Å²) in [6, 6.07) is 1.93. The largest absolute Gasteiger partial charge is 0.361 e. The predicted octanol–water partition coefficient (Wildman–Crippen LogP) is 0.996. The Balaban J connectivity index is 1.86. The van der Waals surface area contributed by atoms with Crippen molar-refractivity contribution in [2.24, 2.45) is 0 Å². The standard InChI is InChI=1S/C12H17BrN4O/c1-9-6-11(15-7-10(9)13)16-8-12(18)17-4-2-14-3-5-17/h6-7,14H,2-5,8H2,1H3,(H,15,16). The summed E-state index contributed by atoms with van der Waals surface area (Å²) < 4.78 is 0.974. The number of aryl methyl sites for hydroxylation is 1. The molecule has 1 aromatic heterocycles. The van der Waals surface area contributed by atoms with Crippen molar-refractivity contribution in [1.29, 1.82) is 0 Å². The van der Waals surface area contributed by atoms with E-state index in [2.05, 4.69) is 31.5 Å². The lowest BCUT2D eigenvalue weighted by Crippen LogP contribution is -2.48. The number of pyridine rings is 1. The molecule has 0 spiro atoms. The Bertz CT molecular complexity index is 432. The van der Waals surface area contributed by atoms with Crippen LogP contribution < -0.4 is 10.6 Å². The molecule has 0 aliphatic carbocycles. The fraction of sp³-hybridized carbons (Fsp3) is 0.500. The Kier molecular flexibility index (Phi) is 4.54. The van der Waals surface area contributed by atoms with Crippen LogP contribution in [0.15, 0.2) is 16.7 Å². The number of carbonyl (C=O) groups excluding carboxylic acids is 1. The van der Waals surface area contributed by atoms with Gasteiger partial charge in [-0.1, -0.05) is 0 Å². The lowest BCUT2D eigenvalue weighted by atomic mass is 10.3. The maximum atomic E-state index is 11.9. The summed E-state index contributed by atoms with van der Waals surface area (Å²) in [7, 11) is 0. The van der Waals surface area contributed by atoms with Crippen LogP contribution in [0.4, 0.5) is 5.82 Å². The molecule has 1 amide bonds. The molecule has 0 radical (unpaired) electrons. The molecule has 0 atom stereocenters. The van der Waals surface area contributed by atoms with Gasteiger partial charge in [0.05, 0.1) is 6.54 Å². The second-order valence-electron chi connectivity index (χ2n) is 4.30. The van der Waals surface area contributed by atoms with Crippen molar-refractivity contribution in [2.75, 3.05) is 38.0 Å². The van der Waals surface area contributed by atoms with Gasteiger partial charge in [0.25, 0.3) is 0 Å². The molecule has 1 fully saturated rings. The van der Waals surface area contributed by atoms with Crippen LogP contribution >= 0.6 is 15.9 Å². The highest BCUT2D eigenvalue weighted by atomic mass is 79.9. The van der Waals surface area contributed by atoms with Crippen molar-refractivity contribution in [3.63, 3.8) is 0 Å². The number of aromatic nitrogens is 1. The van der Waals surface area contributed by atoms with Gasteiger partial charge in [-0.05, 0) is 34.5 Å². The molecule has 2 N–H and O–H groups in total. The molecule has 1 aliphatic heterocycles. The summed E-state index contributed by atoms with van der Waals surface area (Å²) in [6.07, 6.45) is 1.74. The van der Waals surface area contributed by atoms with E-state index in [9.17, 15) is 4.79 Å². The summed E-state index contributed by atoms with van der Waals surface area (Å²) in [6.45, 7) is 5.62. The maximum Gasteiger partial charge on any atom is 0.242 e. The van der Waals surface area contributed by atoms with Gasteiger partial charge in [0.1, 0.15) is 5.82 Å². The molecule has 18 heavy (non-hydrogen) atoms. The van der Waals surface area contributed by atoms with E-state index in [1.807, 2.05) is 17.9 Å². The second-order valence-corrected chi connectivity index (χ2v) is 5.16. The minimum Gasteiger partial charge on any atom is -0.361 e. The molecular formula is C12H17BrN4O. The number of rotatable bonds is 3. The monoisotopic (exact) mass is 312 g/mol. The number of nitrogens with zero attached hydrogens (tertiary/aromatic N) is 2. The van der Waals surface area contributed by atoms with E-state index in [4.69, 9.17) is 0 Å². The van der Waals surface area contributed by atoms with Crippen molar-refractivity contribution in [2.45, 2.75) is 6.92 Å². The van der Waals surface area contributed by atoms with Crippen molar-refractivity contribution < 1.29 is 4.79 Å². The summed E-state index contributed by atoms with van der Waals surface area (Å²) in [4.78, 5) is 18.0. The van der Waals surface area contributed by atoms with E-state index in [0.717, 1.165) is 42.0 Å². The third kappa shape index (κ3) is 3.43. The van der Waals surface area contributed by atoms with Crippen LogP contribution in [0.1, 0.15) is 5.56 Å². The summed E-state index contributed by atoms with van der Waals surface area (Å²) >= 11 is 3.40. The molecule has 0 bridgehead atoms. The molecule has 2 heterocycles. The first-order valence-electron chi connectivity index (χ1n) is 6.01. The second kappa shape index (κ2) is 6.15. The molecule has 1 saturated heterocycles. The normalized spacial score (nSPS) is 15.6. The van der Waals surface area contributed by atoms with Crippen LogP contribution in [0.2, 0.25) is 0 Å². The van der Waals surface area contributed by atoms with Gasteiger partial charge in [0.15, 0.2) is 0 Å². The Morgan fingerprint density at radius 1 is 1.56 bits per heavy atom. The van der Waals surface area contributed by atoms with Gasteiger partial charge in [-0.25, -0.2) is 4.98 Å². The highest BCUT2D eigenvalue weighted by molar-refractivity contribution is 9.10. The summed E-state index contributed by atoms with van der Waals surface area (Å²) in [5.41, 5.74) is 1.10. The van der Waals surface area contributed by atoms with Crippen molar-refractivity contribution in [3.05, 3.63) is 22.3 Å².